The summed E-state index contributed by atoms with van der Waals surface area (Å²) in [6, 6.07) is 3.14. The molecule has 2 rings (SSSR count). The van der Waals surface area contributed by atoms with Gasteiger partial charge in [-0.25, -0.2) is 4.39 Å². The third kappa shape index (κ3) is 2.14. The quantitative estimate of drug-likeness (QED) is 0.769. The lowest BCUT2D eigenvalue weighted by Gasteiger charge is -2.11. The molecule has 2 N–H and O–H groups in total. The van der Waals surface area contributed by atoms with Gasteiger partial charge in [-0.15, -0.1) is 0 Å². The summed E-state index contributed by atoms with van der Waals surface area (Å²) in [5, 5.41) is 5.12. The maximum atomic E-state index is 12.8. The fourth-order valence-electron chi connectivity index (χ4n) is 1.46. The number of benzene rings is 1. The van der Waals surface area contributed by atoms with E-state index in [2.05, 4.69) is 10.6 Å². The SMILES string of the molecule is O=C1CC(Nc2ccc(F)cc2Cl)C(=O)N1. The van der Waals surface area contributed by atoms with E-state index < -0.39 is 17.8 Å². The maximum Gasteiger partial charge on any atom is 0.249 e. The van der Waals surface area contributed by atoms with Crippen molar-refractivity contribution in [3.8, 4) is 0 Å². The van der Waals surface area contributed by atoms with Gasteiger partial charge < -0.3 is 5.32 Å². The summed E-state index contributed by atoms with van der Waals surface area (Å²) < 4.78 is 12.8. The largest absolute Gasteiger partial charge is 0.372 e. The zero-order valence-corrected chi connectivity index (χ0v) is 8.84. The van der Waals surface area contributed by atoms with Crippen molar-refractivity contribution >= 4 is 29.1 Å². The molecule has 1 fully saturated rings. The lowest BCUT2D eigenvalue weighted by molar-refractivity contribution is -0.124. The summed E-state index contributed by atoms with van der Waals surface area (Å²) in [6.07, 6.45) is 0.0620. The Bertz CT molecular complexity index is 464. The van der Waals surface area contributed by atoms with Crippen molar-refractivity contribution in [2.45, 2.75) is 12.5 Å². The monoisotopic (exact) mass is 242 g/mol. The molecule has 1 saturated heterocycles. The lowest BCUT2D eigenvalue weighted by atomic mass is 10.2. The molecule has 0 bridgehead atoms. The highest BCUT2D eigenvalue weighted by Gasteiger charge is 2.30. The Morgan fingerprint density at radius 1 is 1.44 bits per heavy atom. The van der Waals surface area contributed by atoms with Gasteiger partial charge in [-0.3, -0.25) is 14.9 Å². The number of halogens is 2. The van der Waals surface area contributed by atoms with Crippen LogP contribution in [0.4, 0.5) is 10.1 Å². The highest BCUT2D eigenvalue weighted by Crippen LogP contribution is 2.24. The Hall–Kier alpha value is -1.62. The Kier molecular flexibility index (Phi) is 2.78. The Morgan fingerprint density at radius 2 is 2.19 bits per heavy atom. The van der Waals surface area contributed by atoms with Gasteiger partial charge in [0.2, 0.25) is 11.8 Å². The maximum absolute atomic E-state index is 12.8. The number of carbonyl (C=O) groups is 2. The molecule has 0 saturated carbocycles. The average molecular weight is 243 g/mol. The molecule has 0 spiro atoms. The molecule has 1 aromatic rings. The minimum Gasteiger partial charge on any atom is -0.372 e. The number of imide groups is 1. The Morgan fingerprint density at radius 3 is 2.75 bits per heavy atom. The van der Waals surface area contributed by atoms with Gasteiger partial charge in [-0.2, -0.15) is 0 Å². The fraction of sp³-hybridized carbons (Fsp3) is 0.200. The van der Waals surface area contributed by atoms with Gasteiger partial charge in [0, 0.05) is 0 Å². The van der Waals surface area contributed by atoms with Crippen LogP contribution in [0.3, 0.4) is 0 Å². The third-order valence-corrected chi connectivity index (χ3v) is 2.54. The van der Waals surface area contributed by atoms with E-state index in [1.807, 2.05) is 0 Å². The van der Waals surface area contributed by atoms with Gasteiger partial charge in [0.05, 0.1) is 17.1 Å². The third-order valence-electron chi connectivity index (χ3n) is 2.23. The summed E-state index contributed by atoms with van der Waals surface area (Å²) in [6.45, 7) is 0. The first kappa shape index (κ1) is 10.9. The summed E-state index contributed by atoms with van der Waals surface area (Å²) in [4.78, 5) is 22.2. The number of hydrogen-bond donors (Lipinski definition) is 2. The van der Waals surface area contributed by atoms with E-state index in [1.165, 1.54) is 12.1 Å². The summed E-state index contributed by atoms with van der Waals surface area (Å²) in [5.74, 6) is -1.19. The summed E-state index contributed by atoms with van der Waals surface area (Å²) in [5.41, 5.74) is 0.429. The van der Waals surface area contributed by atoms with Crippen LogP contribution in [0.1, 0.15) is 6.42 Å². The number of hydrogen-bond acceptors (Lipinski definition) is 3. The molecule has 1 heterocycles. The van der Waals surface area contributed by atoms with Crippen LogP contribution in [-0.4, -0.2) is 17.9 Å². The number of carbonyl (C=O) groups excluding carboxylic acids is 2. The Labute approximate surface area is 95.8 Å². The predicted octanol–water partition coefficient (Wildman–Crippen LogP) is 1.31. The molecule has 1 aliphatic heterocycles. The number of amides is 2. The number of nitrogens with one attached hydrogen (secondary N) is 2. The minimum atomic E-state index is -0.643. The van der Waals surface area contributed by atoms with E-state index in [9.17, 15) is 14.0 Å². The zero-order chi connectivity index (χ0) is 11.7. The van der Waals surface area contributed by atoms with Crippen molar-refractivity contribution in [2.24, 2.45) is 0 Å². The number of rotatable bonds is 2. The van der Waals surface area contributed by atoms with Gasteiger partial charge >= 0.3 is 0 Å². The average Bonchev–Trinajstić information content (AvgIpc) is 2.50. The van der Waals surface area contributed by atoms with Crippen LogP contribution < -0.4 is 10.6 Å². The molecule has 1 aromatic carbocycles. The molecule has 6 heteroatoms. The minimum absolute atomic E-state index is 0.0620. The van der Waals surface area contributed by atoms with Gasteiger partial charge in [0.1, 0.15) is 11.9 Å². The first-order valence-corrected chi connectivity index (χ1v) is 4.99. The second-order valence-electron chi connectivity index (χ2n) is 3.44. The van der Waals surface area contributed by atoms with Gasteiger partial charge in [-0.05, 0) is 18.2 Å². The molecule has 4 nitrogen and oxygen atoms in total. The summed E-state index contributed by atoms with van der Waals surface area (Å²) >= 11 is 5.77. The molecule has 1 aliphatic rings. The van der Waals surface area contributed by atoms with E-state index >= 15 is 0 Å². The second-order valence-corrected chi connectivity index (χ2v) is 3.84. The molecule has 2 amide bonds. The molecule has 16 heavy (non-hydrogen) atoms. The van der Waals surface area contributed by atoms with Gasteiger partial charge in [0.25, 0.3) is 0 Å². The van der Waals surface area contributed by atoms with E-state index in [-0.39, 0.29) is 17.4 Å². The van der Waals surface area contributed by atoms with Crippen LogP contribution in [0.25, 0.3) is 0 Å². The zero-order valence-electron chi connectivity index (χ0n) is 8.09. The van der Waals surface area contributed by atoms with Crippen LogP contribution in [0.2, 0.25) is 5.02 Å². The van der Waals surface area contributed by atoms with Crippen molar-refractivity contribution in [1.29, 1.82) is 0 Å². The van der Waals surface area contributed by atoms with Crippen molar-refractivity contribution in [2.75, 3.05) is 5.32 Å². The fourth-order valence-corrected chi connectivity index (χ4v) is 1.69. The standard InChI is InChI=1S/C10H8ClFN2O2/c11-6-3-5(12)1-2-7(6)13-8-4-9(15)14-10(8)16/h1-3,8,13H,4H2,(H,14,15,16). The van der Waals surface area contributed by atoms with Crippen molar-refractivity contribution in [3.05, 3.63) is 29.0 Å². The predicted molar refractivity (Wildman–Crippen MR) is 56.6 cm³/mol. The van der Waals surface area contributed by atoms with Crippen molar-refractivity contribution < 1.29 is 14.0 Å². The molecule has 84 valence electrons. The molecule has 1 unspecified atom stereocenters. The Balaban J connectivity index is 2.15. The van der Waals surface area contributed by atoms with Crippen LogP contribution in [0.5, 0.6) is 0 Å². The second kappa shape index (κ2) is 4.09. The molecular weight excluding hydrogens is 235 g/mol. The molecular formula is C10H8ClFN2O2. The normalized spacial score (nSPS) is 19.8. The molecule has 0 radical (unpaired) electrons. The van der Waals surface area contributed by atoms with Crippen LogP contribution in [0, 0.1) is 5.82 Å². The molecule has 1 atom stereocenters. The van der Waals surface area contributed by atoms with Crippen LogP contribution >= 0.6 is 11.6 Å². The smallest absolute Gasteiger partial charge is 0.249 e. The molecule has 0 aromatic heterocycles. The van der Waals surface area contributed by atoms with E-state index in [0.29, 0.717) is 5.69 Å². The van der Waals surface area contributed by atoms with Gasteiger partial charge in [0.15, 0.2) is 0 Å². The van der Waals surface area contributed by atoms with Crippen LogP contribution in [-0.2, 0) is 9.59 Å². The highest BCUT2D eigenvalue weighted by atomic mass is 35.5. The van der Waals surface area contributed by atoms with Gasteiger partial charge in [-0.1, -0.05) is 11.6 Å². The summed E-state index contributed by atoms with van der Waals surface area (Å²) in [7, 11) is 0. The van der Waals surface area contributed by atoms with Crippen molar-refractivity contribution in [3.63, 3.8) is 0 Å². The molecule has 0 aliphatic carbocycles. The highest BCUT2D eigenvalue weighted by molar-refractivity contribution is 6.33. The first-order chi connectivity index (χ1) is 7.56. The van der Waals surface area contributed by atoms with Crippen LogP contribution in [0.15, 0.2) is 18.2 Å². The first-order valence-electron chi connectivity index (χ1n) is 4.61. The lowest BCUT2D eigenvalue weighted by Crippen LogP contribution is -2.30. The van der Waals surface area contributed by atoms with E-state index in [0.717, 1.165) is 6.07 Å². The topological polar surface area (TPSA) is 58.2 Å². The number of anilines is 1. The van der Waals surface area contributed by atoms with E-state index in [4.69, 9.17) is 11.6 Å². The van der Waals surface area contributed by atoms with Crippen molar-refractivity contribution in [1.82, 2.24) is 5.32 Å². The van der Waals surface area contributed by atoms with E-state index in [1.54, 1.807) is 0 Å².